The number of pyridine rings is 1. The Labute approximate surface area is 148 Å². The smallest absolute Gasteiger partial charge is 0.410 e. The van der Waals surface area contributed by atoms with Crippen molar-refractivity contribution in [3.63, 3.8) is 0 Å². The molecule has 6 nitrogen and oxygen atoms in total. The van der Waals surface area contributed by atoms with Crippen molar-refractivity contribution in [2.45, 2.75) is 58.2 Å². The van der Waals surface area contributed by atoms with Crippen LogP contribution in [0, 0.1) is 12.8 Å². The number of nitrogens with zero attached hydrogens (tertiary/aromatic N) is 2. The Morgan fingerprint density at radius 3 is 2.36 bits per heavy atom. The maximum Gasteiger partial charge on any atom is 0.410 e. The summed E-state index contributed by atoms with van der Waals surface area (Å²) in [5, 5.41) is 0. The molecule has 2 unspecified atom stereocenters. The van der Waals surface area contributed by atoms with Crippen molar-refractivity contribution in [3.8, 4) is 0 Å². The second-order valence-corrected chi connectivity index (χ2v) is 7.95. The number of hydrogen-bond donors (Lipinski definition) is 0. The molecule has 2 bridgehead atoms. The molecule has 1 aromatic heterocycles. The molecule has 1 aromatic rings. The number of aromatic nitrogens is 1. The van der Waals surface area contributed by atoms with Gasteiger partial charge in [-0.05, 0) is 52.7 Å². The average Bonchev–Trinajstić information content (AvgIpc) is 2.52. The number of aryl methyl sites for hydroxylation is 1. The van der Waals surface area contributed by atoms with Gasteiger partial charge in [0.15, 0.2) is 5.78 Å². The van der Waals surface area contributed by atoms with Gasteiger partial charge in [-0.1, -0.05) is 0 Å². The van der Waals surface area contributed by atoms with E-state index in [1.165, 1.54) is 0 Å². The van der Waals surface area contributed by atoms with Crippen molar-refractivity contribution in [3.05, 3.63) is 29.6 Å². The first-order valence-electron chi connectivity index (χ1n) is 8.80. The lowest BCUT2D eigenvalue weighted by Crippen LogP contribution is -2.60. The van der Waals surface area contributed by atoms with Crippen LogP contribution in [0.25, 0.3) is 0 Å². The molecule has 2 atom stereocenters. The minimum atomic E-state index is -0.535. The number of amides is 1. The van der Waals surface area contributed by atoms with Crippen LogP contribution in [-0.4, -0.2) is 52.7 Å². The zero-order chi connectivity index (χ0) is 18.2. The highest BCUT2D eigenvalue weighted by molar-refractivity contribution is 5.97. The molecule has 0 N–H and O–H groups in total. The molecule has 2 saturated heterocycles. The third-order valence-electron chi connectivity index (χ3n) is 4.69. The summed E-state index contributed by atoms with van der Waals surface area (Å²) in [5.41, 5.74) is 0.994. The molecular formula is C19H26N2O4. The van der Waals surface area contributed by atoms with E-state index in [0.717, 1.165) is 5.69 Å². The van der Waals surface area contributed by atoms with Crippen LogP contribution in [0.3, 0.4) is 0 Å². The van der Waals surface area contributed by atoms with Gasteiger partial charge in [0, 0.05) is 23.4 Å². The van der Waals surface area contributed by atoms with E-state index in [0.29, 0.717) is 31.6 Å². The van der Waals surface area contributed by atoms with E-state index in [9.17, 15) is 9.59 Å². The summed E-state index contributed by atoms with van der Waals surface area (Å²) in [4.78, 5) is 31.4. The van der Waals surface area contributed by atoms with Gasteiger partial charge in [-0.25, -0.2) is 4.79 Å². The molecule has 0 aliphatic carbocycles. The Kier molecular flexibility index (Phi) is 4.82. The van der Waals surface area contributed by atoms with Crippen LogP contribution in [0.2, 0.25) is 0 Å². The number of ether oxygens (including phenoxy) is 2. The van der Waals surface area contributed by atoms with Crippen LogP contribution in [0.4, 0.5) is 4.79 Å². The first-order valence-corrected chi connectivity index (χ1v) is 8.80. The first kappa shape index (κ1) is 17.9. The van der Waals surface area contributed by atoms with Crippen molar-refractivity contribution in [1.29, 1.82) is 0 Å². The Morgan fingerprint density at radius 1 is 1.20 bits per heavy atom. The van der Waals surface area contributed by atoms with Crippen LogP contribution >= 0.6 is 0 Å². The zero-order valence-corrected chi connectivity index (χ0v) is 15.3. The zero-order valence-electron chi connectivity index (χ0n) is 15.3. The van der Waals surface area contributed by atoms with E-state index in [2.05, 4.69) is 4.98 Å². The molecule has 25 heavy (non-hydrogen) atoms. The molecule has 0 radical (unpaired) electrons. The van der Waals surface area contributed by atoms with Gasteiger partial charge in [0.05, 0.1) is 25.3 Å². The number of carbonyl (C=O) groups excluding carboxylic acids is 2. The Morgan fingerprint density at radius 2 is 1.84 bits per heavy atom. The summed E-state index contributed by atoms with van der Waals surface area (Å²) in [6.07, 6.45) is 2.53. The van der Waals surface area contributed by atoms with Crippen LogP contribution in [0.5, 0.6) is 0 Å². The second kappa shape index (κ2) is 6.75. The number of hydrogen-bond acceptors (Lipinski definition) is 5. The van der Waals surface area contributed by atoms with Crippen LogP contribution < -0.4 is 0 Å². The lowest BCUT2D eigenvalue weighted by Gasteiger charge is -2.47. The van der Waals surface area contributed by atoms with Gasteiger partial charge in [0.25, 0.3) is 0 Å². The number of carbonyl (C=O) groups is 2. The average molecular weight is 346 g/mol. The highest BCUT2D eigenvalue weighted by Gasteiger charge is 2.45. The third-order valence-corrected chi connectivity index (χ3v) is 4.69. The largest absolute Gasteiger partial charge is 0.444 e. The van der Waals surface area contributed by atoms with Gasteiger partial charge in [-0.2, -0.15) is 0 Å². The minimum Gasteiger partial charge on any atom is -0.444 e. The number of Topliss-reactive ketones (excluding diaryl/α,β-unsaturated/α-hetero) is 1. The van der Waals surface area contributed by atoms with Gasteiger partial charge < -0.3 is 9.47 Å². The van der Waals surface area contributed by atoms with E-state index in [1.54, 1.807) is 11.1 Å². The number of ketones is 1. The highest BCUT2D eigenvalue weighted by Crippen LogP contribution is 2.34. The molecule has 3 rings (SSSR count). The Balaban J connectivity index is 1.73. The minimum absolute atomic E-state index is 0.105. The fourth-order valence-corrected chi connectivity index (χ4v) is 3.59. The molecule has 0 aromatic carbocycles. The molecule has 3 heterocycles. The van der Waals surface area contributed by atoms with Crippen molar-refractivity contribution >= 4 is 11.9 Å². The van der Waals surface area contributed by atoms with Crippen molar-refractivity contribution in [2.75, 3.05) is 13.2 Å². The summed E-state index contributed by atoms with van der Waals surface area (Å²) < 4.78 is 11.2. The number of rotatable bonds is 2. The molecule has 2 aliphatic heterocycles. The van der Waals surface area contributed by atoms with Gasteiger partial charge in [0.1, 0.15) is 5.60 Å². The quantitative estimate of drug-likeness (QED) is 0.770. The fourth-order valence-electron chi connectivity index (χ4n) is 3.59. The predicted molar refractivity (Wildman–Crippen MR) is 92.5 cm³/mol. The summed E-state index contributed by atoms with van der Waals surface area (Å²) in [6.45, 7) is 8.38. The molecule has 136 valence electrons. The van der Waals surface area contributed by atoms with Crippen molar-refractivity contribution < 1.29 is 19.1 Å². The van der Waals surface area contributed by atoms with Crippen LogP contribution in [0.15, 0.2) is 18.3 Å². The van der Waals surface area contributed by atoms with Crippen LogP contribution in [0.1, 0.15) is 49.7 Å². The van der Waals surface area contributed by atoms with E-state index >= 15 is 0 Å². The summed E-state index contributed by atoms with van der Waals surface area (Å²) in [7, 11) is 0. The Bertz CT molecular complexity index is 636. The fraction of sp³-hybridized carbons (Fsp3) is 0.632. The lowest BCUT2D eigenvalue weighted by molar-refractivity contribution is -0.0861. The second-order valence-electron chi connectivity index (χ2n) is 7.95. The van der Waals surface area contributed by atoms with Gasteiger partial charge in [-0.15, -0.1) is 0 Å². The van der Waals surface area contributed by atoms with E-state index in [4.69, 9.17) is 9.47 Å². The molecule has 2 aliphatic rings. The van der Waals surface area contributed by atoms with E-state index in [-0.39, 0.29) is 29.9 Å². The molecule has 0 saturated carbocycles. The van der Waals surface area contributed by atoms with Crippen molar-refractivity contribution in [1.82, 2.24) is 9.88 Å². The maximum atomic E-state index is 12.8. The highest BCUT2D eigenvalue weighted by atomic mass is 16.6. The predicted octanol–water partition coefficient (Wildman–Crippen LogP) is 2.99. The maximum absolute atomic E-state index is 12.8. The normalized spacial score (nSPS) is 26.2. The lowest BCUT2D eigenvalue weighted by atomic mass is 9.81. The standard InChI is InChI=1S/C19H26N2O4/c1-12-5-6-13(9-20-12)17(22)14-7-15-10-24-11-16(8-14)21(15)18(23)25-19(2,3)4/h5-6,9,14-16H,7-8,10-11H2,1-4H3. The van der Waals surface area contributed by atoms with Crippen LogP contribution in [-0.2, 0) is 9.47 Å². The van der Waals surface area contributed by atoms with Crippen molar-refractivity contribution in [2.24, 2.45) is 5.92 Å². The van der Waals surface area contributed by atoms with Gasteiger partial charge in [0.2, 0.25) is 0 Å². The Hall–Kier alpha value is -1.95. The summed E-state index contributed by atoms with van der Waals surface area (Å²) >= 11 is 0. The first-order chi connectivity index (χ1) is 11.7. The summed E-state index contributed by atoms with van der Waals surface area (Å²) in [6, 6.07) is 3.45. The van der Waals surface area contributed by atoms with E-state index < -0.39 is 5.60 Å². The van der Waals surface area contributed by atoms with Gasteiger partial charge in [-0.3, -0.25) is 14.7 Å². The molecule has 6 heteroatoms. The number of morpholine rings is 1. The summed E-state index contributed by atoms with van der Waals surface area (Å²) in [5.74, 6) is -0.00432. The third kappa shape index (κ3) is 4.00. The SMILES string of the molecule is Cc1ccc(C(=O)C2CC3COCC(C2)N3C(=O)OC(C)(C)C)cn1. The molecular weight excluding hydrogens is 320 g/mol. The molecule has 2 fully saturated rings. The number of fused-ring (bicyclic) bond motifs is 2. The van der Waals surface area contributed by atoms with E-state index in [1.807, 2.05) is 39.8 Å². The topological polar surface area (TPSA) is 68.7 Å². The monoisotopic (exact) mass is 346 g/mol. The number of piperidine rings is 1. The molecule has 1 amide bonds. The van der Waals surface area contributed by atoms with Gasteiger partial charge >= 0.3 is 6.09 Å². The molecule has 0 spiro atoms.